The van der Waals surface area contributed by atoms with Crippen LogP contribution >= 0.6 is 0 Å². The summed E-state index contributed by atoms with van der Waals surface area (Å²) in [4.78, 5) is 24.0. The van der Waals surface area contributed by atoms with Crippen LogP contribution in [-0.4, -0.2) is 18.4 Å². The van der Waals surface area contributed by atoms with Gasteiger partial charge in [0.25, 0.3) is 0 Å². The Hall–Kier alpha value is -1.12. The molecule has 5 atom stereocenters. The summed E-state index contributed by atoms with van der Waals surface area (Å²) in [5.74, 6) is 2.14. The lowest BCUT2D eigenvalue weighted by Crippen LogP contribution is -2.53. The number of carbonyl (C=O) groups excluding carboxylic acids is 2. The molecule has 0 aromatic carbocycles. The van der Waals surface area contributed by atoms with Gasteiger partial charge >= 0.3 is 5.97 Å². The second-order valence-corrected chi connectivity index (χ2v) is 8.89. The highest BCUT2D eigenvalue weighted by Gasteiger charge is 2.60. The zero-order valence-electron chi connectivity index (χ0n) is 15.1. The summed E-state index contributed by atoms with van der Waals surface area (Å²) in [5, 5.41) is 0. The van der Waals surface area contributed by atoms with Crippen molar-refractivity contribution in [3.8, 4) is 0 Å². The lowest BCUT2D eigenvalue weighted by atomic mass is 9.47. The first kappa shape index (κ1) is 16.4. The van der Waals surface area contributed by atoms with Crippen LogP contribution in [0.2, 0.25) is 0 Å². The van der Waals surface area contributed by atoms with E-state index in [9.17, 15) is 9.59 Å². The van der Waals surface area contributed by atoms with Crippen molar-refractivity contribution in [1.29, 1.82) is 0 Å². The predicted octanol–water partition coefficient (Wildman–Crippen LogP) is 4.45. The van der Waals surface area contributed by atoms with Gasteiger partial charge in [-0.15, -0.1) is 0 Å². The van der Waals surface area contributed by atoms with Gasteiger partial charge in [-0.3, -0.25) is 9.59 Å². The molecule has 0 heterocycles. The number of ether oxygens (including phenoxy) is 1. The van der Waals surface area contributed by atoms with Gasteiger partial charge in [-0.1, -0.05) is 18.6 Å². The summed E-state index contributed by atoms with van der Waals surface area (Å²) in [7, 11) is 0. The van der Waals surface area contributed by atoms with Crippen LogP contribution in [0.5, 0.6) is 0 Å². The topological polar surface area (TPSA) is 43.4 Å². The molecule has 3 heteroatoms. The molecule has 0 aromatic heterocycles. The molecule has 3 saturated carbocycles. The van der Waals surface area contributed by atoms with E-state index in [0.717, 1.165) is 38.5 Å². The van der Waals surface area contributed by atoms with Crippen LogP contribution in [-0.2, 0) is 14.3 Å². The fraction of sp³-hybridized carbons (Fsp3) is 0.810. The van der Waals surface area contributed by atoms with Gasteiger partial charge < -0.3 is 4.74 Å². The summed E-state index contributed by atoms with van der Waals surface area (Å²) >= 11 is 0. The van der Waals surface area contributed by atoms with Crippen molar-refractivity contribution in [1.82, 2.24) is 0 Å². The van der Waals surface area contributed by atoms with Crippen LogP contribution < -0.4 is 0 Å². The summed E-state index contributed by atoms with van der Waals surface area (Å²) in [6, 6.07) is 0. The second-order valence-electron chi connectivity index (χ2n) is 8.89. The average Bonchev–Trinajstić information content (AvgIpc) is 2.88. The maximum atomic E-state index is 12.5. The van der Waals surface area contributed by atoms with E-state index in [1.807, 2.05) is 0 Å². The Bertz CT molecular complexity index is 592. The number of hydrogen-bond donors (Lipinski definition) is 0. The fourth-order valence-electron chi connectivity index (χ4n) is 6.80. The van der Waals surface area contributed by atoms with Gasteiger partial charge in [-0.05, 0) is 69.1 Å². The molecule has 0 radical (unpaired) electrons. The second kappa shape index (κ2) is 5.71. The van der Waals surface area contributed by atoms with E-state index in [0.29, 0.717) is 30.1 Å². The highest BCUT2D eigenvalue weighted by atomic mass is 16.5. The fourth-order valence-corrected chi connectivity index (χ4v) is 6.80. The monoisotopic (exact) mass is 330 g/mol. The number of ketones is 1. The third kappa shape index (κ3) is 2.23. The Kier molecular flexibility index (Phi) is 3.89. The highest BCUT2D eigenvalue weighted by Crippen LogP contribution is 2.64. The van der Waals surface area contributed by atoms with E-state index in [4.69, 9.17) is 4.74 Å². The molecule has 4 aliphatic carbocycles. The first-order chi connectivity index (χ1) is 11.5. The predicted molar refractivity (Wildman–Crippen MR) is 92.3 cm³/mol. The van der Waals surface area contributed by atoms with E-state index in [1.165, 1.54) is 26.2 Å². The maximum Gasteiger partial charge on any atom is 0.302 e. The number of hydrogen-bond acceptors (Lipinski definition) is 3. The Balaban J connectivity index is 1.68. The quantitative estimate of drug-likeness (QED) is 0.555. The lowest BCUT2D eigenvalue weighted by Gasteiger charge is -2.57. The minimum atomic E-state index is -0.159. The highest BCUT2D eigenvalue weighted by molar-refractivity contribution is 5.87. The Labute approximate surface area is 145 Å². The minimum Gasteiger partial charge on any atom is -0.465 e. The molecule has 0 unspecified atom stereocenters. The molecule has 4 aliphatic rings. The Morgan fingerprint density at radius 3 is 2.83 bits per heavy atom. The number of allylic oxidation sites excluding steroid dienone is 1. The zero-order chi connectivity index (χ0) is 16.9. The number of Topliss-reactive ketones (excluding diaryl/α,β-unsaturated/α-hetero) is 1. The smallest absolute Gasteiger partial charge is 0.302 e. The largest absolute Gasteiger partial charge is 0.465 e. The number of fused-ring (bicyclic) bond motifs is 5. The molecule has 24 heavy (non-hydrogen) atoms. The van der Waals surface area contributed by atoms with Gasteiger partial charge in [0.05, 0.1) is 0 Å². The molecule has 132 valence electrons. The molecule has 0 spiro atoms. The van der Waals surface area contributed by atoms with Crippen LogP contribution in [0, 0.1) is 28.6 Å². The molecule has 0 aliphatic heterocycles. The SMILES string of the molecule is CC(=O)OC[C@]12CCCC=C1CC[C@@H]1[C@@H]2CC[C@]2(C)C(=O)CC[C@@H]12. The molecule has 0 aromatic rings. The van der Waals surface area contributed by atoms with Gasteiger partial charge in [0.15, 0.2) is 0 Å². The van der Waals surface area contributed by atoms with Crippen molar-refractivity contribution in [2.75, 3.05) is 6.61 Å². The molecule has 0 amide bonds. The van der Waals surface area contributed by atoms with Crippen molar-refractivity contribution >= 4 is 11.8 Å². The van der Waals surface area contributed by atoms with E-state index < -0.39 is 0 Å². The van der Waals surface area contributed by atoms with E-state index >= 15 is 0 Å². The maximum absolute atomic E-state index is 12.5. The van der Waals surface area contributed by atoms with Crippen LogP contribution in [0.1, 0.15) is 71.6 Å². The standard InChI is InChI=1S/C21H30O3/c1-14(22)24-13-21-11-4-3-5-15(21)6-7-16-17-8-9-19(23)20(17,2)12-10-18(16)21/h5,16-18H,3-4,6-13H2,1-2H3/t16-,17-,18-,20-,21+/m0/s1. The van der Waals surface area contributed by atoms with E-state index in [-0.39, 0.29) is 16.8 Å². The van der Waals surface area contributed by atoms with Gasteiger partial charge in [-0.2, -0.15) is 0 Å². The zero-order valence-corrected chi connectivity index (χ0v) is 15.1. The molecule has 3 nitrogen and oxygen atoms in total. The van der Waals surface area contributed by atoms with Gasteiger partial charge in [0.1, 0.15) is 12.4 Å². The van der Waals surface area contributed by atoms with Crippen LogP contribution in [0.25, 0.3) is 0 Å². The normalized spacial score (nSPS) is 44.2. The van der Waals surface area contributed by atoms with Crippen molar-refractivity contribution < 1.29 is 14.3 Å². The van der Waals surface area contributed by atoms with Crippen molar-refractivity contribution in [3.63, 3.8) is 0 Å². The Morgan fingerprint density at radius 1 is 1.21 bits per heavy atom. The number of carbonyl (C=O) groups is 2. The number of esters is 1. The van der Waals surface area contributed by atoms with Crippen LogP contribution in [0.3, 0.4) is 0 Å². The molecule has 0 saturated heterocycles. The van der Waals surface area contributed by atoms with Gasteiger partial charge in [0, 0.05) is 24.2 Å². The van der Waals surface area contributed by atoms with Crippen LogP contribution in [0.15, 0.2) is 11.6 Å². The lowest BCUT2D eigenvalue weighted by molar-refractivity contribution is -0.150. The first-order valence-corrected chi connectivity index (χ1v) is 9.83. The molecular weight excluding hydrogens is 300 g/mol. The summed E-state index contributed by atoms with van der Waals surface area (Å²) in [6.45, 7) is 4.32. The summed E-state index contributed by atoms with van der Waals surface area (Å²) < 4.78 is 5.60. The minimum absolute atomic E-state index is 0.0693. The van der Waals surface area contributed by atoms with Gasteiger partial charge in [-0.25, -0.2) is 0 Å². The molecular formula is C21H30O3. The molecule has 4 rings (SSSR count). The van der Waals surface area contributed by atoms with E-state index in [1.54, 1.807) is 5.57 Å². The number of rotatable bonds is 2. The molecule has 0 bridgehead atoms. The van der Waals surface area contributed by atoms with Gasteiger partial charge in [0.2, 0.25) is 0 Å². The Morgan fingerprint density at radius 2 is 2.04 bits per heavy atom. The summed E-state index contributed by atoms with van der Waals surface area (Å²) in [5.41, 5.74) is 1.56. The third-order valence-electron chi connectivity index (χ3n) is 7.99. The first-order valence-electron chi connectivity index (χ1n) is 9.83. The van der Waals surface area contributed by atoms with Crippen molar-refractivity contribution in [2.24, 2.45) is 28.6 Å². The third-order valence-corrected chi connectivity index (χ3v) is 7.99. The average molecular weight is 330 g/mol. The van der Waals surface area contributed by atoms with Crippen molar-refractivity contribution in [2.45, 2.75) is 71.6 Å². The molecule has 3 fully saturated rings. The summed E-state index contributed by atoms with van der Waals surface area (Å²) in [6.07, 6.45) is 12.4. The molecule has 0 N–H and O–H groups in total. The van der Waals surface area contributed by atoms with Crippen LogP contribution in [0.4, 0.5) is 0 Å². The van der Waals surface area contributed by atoms with E-state index in [2.05, 4.69) is 13.0 Å². The van der Waals surface area contributed by atoms with Crippen molar-refractivity contribution in [3.05, 3.63) is 11.6 Å².